The summed E-state index contributed by atoms with van der Waals surface area (Å²) in [6, 6.07) is 24.3. The van der Waals surface area contributed by atoms with E-state index in [2.05, 4.69) is 10.1 Å². The van der Waals surface area contributed by atoms with Crippen LogP contribution in [0.2, 0.25) is 0 Å². The van der Waals surface area contributed by atoms with Gasteiger partial charge in [-0.1, -0.05) is 59.9 Å². The predicted molar refractivity (Wildman–Crippen MR) is 143 cm³/mol. The maximum Gasteiger partial charge on any atom is 0.300 e. The second-order valence-corrected chi connectivity index (χ2v) is 9.27. The zero-order valence-electron chi connectivity index (χ0n) is 19.5. The van der Waals surface area contributed by atoms with Crippen molar-refractivity contribution in [3.63, 3.8) is 0 Å². The Balaban J connectivity index is 1.53. The van der Waals surface area contributed by atoms with Gasteiger partial charge in [-0.3, -0.25) is 19.7 Å². The van der Waals surface area contributed by atoms with Crippen molar-refractivity contribution in [1.29, 1.82) is 0 Å². The minimum absolute atomic E-state index is 0.0377. The van der Waals surface area contributed by atoms with Gasteiger partial charge in [-0.25, -0.2) is 4.68 Å². The smallest absolute Gasteiger partial charge is 0.266 e. The molecular weight excluding hydrogens is 504 g/mol. The molecule has 6 rings (SSSR count). The number of thiazole rings is 1. The van der Waals surface area contributed by atoms with Crippen LogP contribution in [0.1, 0.15) is 5.56 Å². The molecule has 3 aromatic heterocycles. The van der Waals surface area contributed by atoms with E-state index in [0.29, 0.717) is 26.9 Å². The van der Waals surface area contributed by atoms with Crippen molar-refractivity contribution in [2.24, 2.45) is 0 Å². The van der Waals surface area contributed by atoms with Crippen molar-refractivity contribution in [2.75, 3.05) is 0 Å². The van der Waals surface area contributed by atoms with Crippen LogP contribution in [0.15, 0.2) is 101 Å². The molecule has 0 bridgehead atoms. The number of non-ortho nitro benzene ring substituents is 1. The van der Waals surface area contributed by atoms with Crippen molar-refractivity contribution < 1.29 is 4.92 Å². The Labute approximate surface area is 217 Å². The summed E-state index contributed by atoms with van der Waals surface area (Å²) >= 11 is 1.05. The highest BCUT2D eigenvalue weighted by atomic mass is 32.1. The van der Waals surface area contributed by atoms with Gasteiger partial charge in [-0.2, -0.15) is 19.7 Å². The van der Waals surface area contributed by atoms with Crippen molar-refractivity contribution >= 4 is 28.1 Å². The molecule has 0 saturated heterocycles. The van der Waals surface area contributed by atoms with E-state index in [4.69, 9.17) is 5.10 Å². The van der Waals surface area contributed by atoms with E-state index in [-0.39, 0.29) is 16.3 Å². The van der Waals surface area contributed by atoms with Gasteiger partial charge in [0, 0.05) is 35.0 Å². The fourth-order valence-electron chi connectivity index (χ4n) is 4.00. The predicted octanol–water partition coefficient (Wildman–Crippen LogP) is 3.49. The first-order chi connectivity index (χ1) is 18.5. The number of hydrogen-bond donors (Lipinski definition) is 0. The summed E-state index contributed by atoms with van der Waals surface area (Å²) in [6.45, 7) is 0. The standard InChI is InChI=1S/C27H16N6O4S/c34-25-24(17-7-3-1-4-8-17)30-32-26(35)22(38-27(32)28-25)15-19-16-31(20-9-5-2-6-10-20)29-23(19)18-11-13-21(14-12-18)33(36)37/h1-16H/b22-15-. The first-order valence-electron chi connectivity index (χ1n) is 11.4. The monoisotopic (exact) mass is 520 g/mol. The molecule has 38 heavy (non-hydrogen) atoms. The lowest BCUT2D eigenvalue weighted by molar-refractivity contribution is -0.384. The quantitative estimate of drug-likeness (QED) is 0.252. The molecule has 184 valence electrons. The first kappa shape index (κ1) is 23.1. The summed E-state index contributed by atoms with van der Waals surface area (Å²) in [5.41, 5.74) is 2.26. The number of rotatable bonds is 5. The zero-order valence-corrected chi connectivity index (χ0v) is 20.3. The molecule has 0 aliphatic heterocycles. The number of aromatic nitrogens is 5. The fourth-order valence-corrected chi connectivity index (χ4v) is 4.89. The topological polar surface area (TPSA) is 125 Å². The number of para-hydroxylation sites is 1. The summed E-state index contributed by atoms with van der Waals surface area (Å²) in [4.78, 5) is 40.9. The highest BCUT2D eigenvalue weighted by Crippen LogP contribution is 2.26. The van der Waals surface area contributed by atoms with Gasteiger partial charge in [0.15, 0.2) is 5.69 Å². The van der Waals surface area contributed by atoms with Crippen LogP contribution >= 0.6 is 11.3 Å². The number of benzene rings is 3. The lowest BCUT2D eigenvalue weighted by Gasteiger charge is -2.00. The van der Waals surface area contributed by atoms with Gasteiger partial charge >= 0.3 is 5.56 Å². The molecule has 3 aromatic carbocycles. The zero-order chi connectivity index (χ0) is 26.2. The summed E-state index contributed by atoms with van der Waals surface area (Å²) in [6.07, 6.45) is 3.44. The third kappa shape index (κ3) is 4.16. The number of nitrogens with zero attached hydrogens (tertiary/aromatic N) is 6. The summed E-state index contributed by atoms with van der Waals surface area (Å²) in [7, 11) is 0. The van der Waals surface area contributed by atoms with Gasteiger partial charge in [-0.15, -0.1) is 0 Å². The molecule has 0 saturated carbocycles. The molecule has 11 heteroatoms. The van der Waals surface area contributed by atoms with Crippen LogP contribution in [0.3, 0.4) is 0 Å². The van der Waals surface area contributed by atoms with Crippen LogP contribution in [0.5, 0.6) is 0 Å². The molecule has 3 heterocycles. The van der Waals surface area contributed by atoms with E-state index in [1.54, 1.807) is 53.4 Å². The molecule has 0 unspecified atom stereocenters. The molecule has 0 N–H and O–H groups in total. The Morgan fingerprint density at radius 2 is 1.47 bits per heavy atom. The van der Waals surface area contributed by atoms with Crippen molar-refractivity contribution in [2.45, 2.75) is 0 Å². The highest BCUT2D eigenvalue weighted by Gasteiger charge is 2.16. The highest BCUT2D eigenvalue weighted by molar-refractivity contribution is 7.15. The van der Waals surface area contributed by atoms with E-state index in [0.717, 1.165) is 21.5 Å². The van der Waals surface area contributed by atoms with Crippen LogP contribution in [0, 0.1) is 10.1 Å². The van der Waals surface area contributed by atoms with Gasteiger partial charge in [-0.05, 0) is 30.3 Å². The summed E-state index contributed by atoms with van der Waals surface area (Å²) in [5.74, 6) is 0. The first-order valence-corrected chi connectivity index (χ1v) is 12.2. The molecule has 0 aliphatic carbocycles. The number of hydrogen-bond acceptors (Lipinski definition) is 8. The Morgan fingerprint density at radius 1 is 0.816 bits per heavy atom. The molecule has 0 atom stereocenters. The van der Waals surface area contributed by atoms with Crippen molar-refractivity contribution in [3.8, 4) is 28.2 Å². The van der Waals surface area contributed by atoms with E-state index in [1.807, 2.05) is 36.4 Å². The average Bonchev–Trinajstić information content (AvgIpc) is 3.50. The van der Waals surface area contributed by atoms with Crippen LogP contribution in [0.25, 0.3) is 39.2 Å². The third-order valence-corrected chi connectivity index (χ3v) is 6.79. The van der Waals surface area contributed by atoms with E-state index < -0.39 is 16.0 Å². The summed E-state index contributed by atoms with van der Waals surface area (Å²) < 4.78 is 3.12. The Bertz CT molecular complexity index is 1980. The molecule has 6 aromatic rings. The Hall–Kier alpha value is -5.29. The van der Waals surface area contributed by atoms with Crippen LogP contribution < -0.4 is 15.7 Å². The van der Waals surface area contributed by atoms with E-state index in [1.165, 1.54) is 12.1 Å². The van der Waals surface area contributed by atoms with Crippen LogP contribution in [0.4, 0.5) is 5.69 Å². The van der Waals surface area contributed by atoms with E-state index in [9.17, 15) is 19.7 Å². The molecule has 0 spiro atoms. The molecule has 0 fully saturated rings. The Morgan fingerprint density at radius 3 is 2.16 bits per heavy atom. The number of nitro benzene ring substituents is 1. The SMILES string of the molecule is O=c1nc2s/c(=C\c3cn(-c4ccccc4)nc3-c3ccc([N+](=O)[O-])cc3)c(=O)n2nc1-c1ccccc1. The molecule has 10 nitrogen and oxygen atoms in total. The molecule has 0 amide bonds. The minimum Gasteiger partial charge on any atom is -0.266 e. The van der Waals surface area contributed by atoms with Gasteiger partial charge in [0.05, 0.1) is 15.1 Å². The molecule has 0 radical (unpaired) electrons. The lowest BCUT2D eigenvalue weighted by Crippen LogP contribution is -2.26. The maximum absolute atomic E-state index is 13.3. The largest absolute Gasteiger partial charge is 0.300 e. The number of nitro groups is 1. The van der Waals surface area contributed by atoms with Gasteiger partial charge < -0.3 is 0 Å². The molecule has 0 aliphatic rings. The lowest BCUT2D eigenvalue weighted by atomic mass is 10.1. The normalized spacial score (nSPS) is 11.7. The fraction of sp³-hybridized carbons (Fsp3) is 0. The molecular formula is C27H16N6O4S. The van der Waals surface area contributed by atoms with Crippen LogP contribution in [-0.2, 0) is 0 Å². The summed E-state index contributed by atoms with van der Waals surface area (Å²) in [5, 5.41) is 20.1. The van der Waals surface area contributed by atoms with Crippen molar-refractivity contribution in [1.82, 2.24) is 24.4 Å². The van der Waals surface area contributed by atoms with Crippen LogP contribution in [-0.4, -0.2) is 29.3 Å². The van der Waals surface area contributed by atoms with Crippen molar-refractivity contribution in [3.05, 3.63) is 132 Å². The van der Waals surface area contributed by atoms with Gasteiger partial charge in [0.25, 0.3) is 11.2 Å². The second-order valence-electron chi connectivity index (χ2n) is 8.26. The van der Waals surface area contributed by atoms with Gasteiger partial charge in [0.1, 0.15) is 5.69 Å². The maximum atomic E-state index is 13.3. The van der Waals surface area contributed by atoms with E-state index >= 15 is 0 Å². The Kier molecular flexibility index (Phi) is 5.66. The second kappa shape index (κ2) is 9.30. The number of fused-ring (bicyclic) bond motifs is 1. The average molecular weight is 521 g/mol. The minimum atomic E-state index is -0.521. The third-order valence-electron chi connectivity index (χ3n) is 5.83. The van der Waals surface area contributed by atoms with Gasteiger partial charge in [0.2, 0.25) is 4.96 Å².